The van der Waals surface area contributed by atoms with E-state index in [0.29, 0.717) is 11.4 Å². The molecular formula is C13H12ClN3O3. The first-order chi connectivity index (χ1) is 9.09. The van der Waals surface area contributed by atoms with Gasteiger partial charge in [0.15, 0.2) is 0 Å². The van der Waals surface area contributed by atoms with E-state index < -0.39 is 17.7 Å². The minimum atomic E-state index is -0.747. The summed E-state index contributed by atoms with van der Waals surface area (Å²) in [7, 11) is 0. The van der Waals surface area contributed by atoms with Crippen molar-refractivity contribution in [3.8, 4) is 0 Å². The van der Waals surface area contributed by atoms with Gasteiger partial charge in [-0.2, -0.15) is 5.06 Å². The number of hydrogen-bond acceptors (Lipinski definition) is 5. The lowest BCUT2D eigenvalue weighted by atomic mass is 9.97. The Morgan fingerprint density at radius 1 is 1.25 bits per heavy atom. The van der Waals surface area contributed by atoms with E-state index in [1.807, 2.05) is 0 Å². The number of aromatic nitrogens is 1. The zero-order valence-corrected chi connectivity index (χ0v) is 11.1. The average Bonchev–Trinajstić information content (AvgIpc) is 2.66. The molecule has 1 atom stereocenters. The Kier molecular flexibility index (Phi) is 3.61. The molecule has 0 spiro atoms. The maximum absolute atomic E-state index is 11.8. The zero-order chi connectivity index (χ0) is 13.6. The number of amides is 2. The fraction of sp³-hybridized carbons (Fsp3) is 0.154. The number of rotatable bonds is 1. The van der Waals surface area contributed by atoms with Crippen molar-refractivity contribution in [3.05, 3.63) is 36.2 Å². The van der Waals surface area contributed by atoms with Crippen molar-refractivity contribution in [1.29, 1.82) is 0 Å². The van der Waals surface area contributed by atoms with E-state index in [1.165, 1.54) is 0 Å². The van der Waals surface area contributed by atoms with Crippen LogP contribution in [-0.2, 0) is 9.59 Å². The largest absolute Gasteiger partial charge is 0.398 e. The van der Waals surface area contributed by atoms with Crippen LogP contribution in [0.25, 0.3) is 10.8 Å². The lowest BCUT2D eigenvalue weighted by Crippen LogP contribution is -2.26. The van der Waals surface area contributed by atoms with Gasteiger partial charge in [-0.05, 0) is 12.1 Å². The van der Waals surface area contributed by atoms with Crippen LogP contribution in [0.5, 0.6) is 0 Å². The first kappa shape index (κ1) is 14.2. The molecule has 1 saturated heterocycles. The van der Waals surface area contributed by atoms with E-state index in [1.54, 1.807) is 30.5 Å². The minimum absolute atomic E-state index is 0. The summed E-state index contributed by atoms with van der Waals surface area (Å²) in [4.78, 5) is 27.4. The summed E-state index contributed by atoms with van der Waals surface area (Å²) < 4.78 is 0. The van der Waals surface area contributed by atoms with Crippen molar-refractivity contribution >= 4 is 40.7 Å². The van der Waals surface area contributed by atoms with Gasteiger partial charge in [-0.1, -0.05) is 12.1 Å². The van der Waals surface area contributed by atoms with Gasteiger partial charge in [-0.3, -0.25) is 19.8 Å². The molecule has 0 aliphatic carbocycles. The number of hydrogen-bond donors (Lipinski definition) is 2. The predicted molar refractivity (Wildman–Crippen MR) is 74.4 cm³/mol. The van der Waals surface area contributed by atoms with Gasteiger partial charge in [0, 0.05) is 29.1 Å². The second kappa shape index (κ2) is 5.07. The monoisotopic (exact) mass is 293 g/mol. The molecule has 6 nitrogen and oxygen atoms in total. The lowest BCUT2D eigenvalue weighted by molar-refractivity contribution is -0.171. The van der Waals surface area contributed by atoms with Crippen LogP contribution in [0.4, 0.5) is 5.69 Å². The second-order valence-electron chi connectivity index (χ2n) is 4.44. The summed E-state index contributed by atoms with van der Waals surface area (Å²) in [5.41, 5.74) is 6.93. The van der Waals surface area contributed by atoms with Gasteiger partial charge in [0.25, 0.3) is 11.8 Å². The average molecular weight is 294 g/mol. The molecule has 1 aromatic carbocycles. The smallest absolute Gasteiger partial charge is 0.262 e. The molecule has 20 heavy (non-hydrogen) atoms. The van der Waals surface area contributed by atoms with Crippen molar-refractivity contribution in [1.82, 2.24) is 10.0 Å². The Bertz CT molecular complexity index is 704. The van der Waals surface area contributed by atoms with Crippen LogP contribution in [-0.4, -0.2) is 27.1 Å². The first-order valence-electron chi connectivity index (χ1n) is 5.78. The Morgan fingerprint density at radius 3 is 2.65 bits per heavy atom. The maximum atomic E-state index is 11.8. The third-order valence-corrected chi connectivity index (χ3v) is 3.32. The van der Waals surface area contributed by atoms with E-state index >= 15 is 0 Å². The molecule has 2 aromatic rings. The van der Waals surface area contributed by atoms with E-state index in [-0.39, 0.29) is 23.9 Å². The van der Waals surface area contributed by atoms with Crippen molar-refractivity contribution in [2.75, 3.05) is 5.73 Å². The van der Waals surface area contributed by atoms with Crippen LogP contribution in [0.15, 0.2) is 30.5 Å². The highest BCUT2D eigenvalue weighted by atomic mass is 35.5. The molecule has 1 fully saturated rings. The number of imide groups is 1. The molecule has 2 amide bonds. The molecule has 0 bridgehead atoms. The van der Waals surface area contributed by atoms with E-state index in [4.69, 9.17) is 5.73 Å². The molecule has 1 aliphatic heterocycles. The molecule has 1 aliphatic rings. The summed E-state index contributed by atoms with van der Waals surface area (Å²) in [6.45, 7) is 0. The van der Waals surface area contributed by atoms with Crippen LogP contribution < -0.4 is 5.73 Å². The summed E-state index contributed by atoms with van der Waals surface area (Å²) in [5.74, 6) is -2.01. The van der Waals surface area contributed by atoms with Crippen molar-refractivity contribution < 1.29 is 14.8 Å². The van der Waals surface area contributed by atoms with Crippen LogP contribution in [0, 0.1) is 0 Å². The highest BCUT2D eigenvalue weighted by Gasteiger charge is 2.40. The standard InChI is InChI=1S/C13H11N3O3.ClH/c14-10-3-1-2-8-7(10)4-5-15-12(8)9-6-11(17)16(19)13(9)18;/h1-5,9,19H,6,14H2;1H. The zero-order valence-electron chi connectivity index (χ0n) is 10.3. The van der Waals surface area contributed by atoms with E-state index in [0.717, 1.165) is 10.8 Å². The van der Waals surface area contributed by atoms with Crippen molar-refractivity contribution in [2.45, 2.75) is 12.3 Å². The number of halogens is 1. The topological polar surface area (TPSA) is 96.5 Å². The molecule has 7 heteroatoms. The third-order valence-electron chi connectivity index (χ3n) is 3.32. The quantitative estimate of drug-likeness (QED) is 0.471. The number of nitrogen functional groups attached to an aromatic ring is 1. The van der Waals surface area contributed by atoms with Gasteiger partial charge in [-0.15, -0.1) is 12.4 Å². The Balaban J connectivity index is 0.00000147. The number of nitrogens with zero attached hydrogens (tertiary/aromatic N) is 2. The third kappa shape index (κ3) is 1.99. The molecule has 0 radical (unpaired) electrons. The number of benzene rings is 1. The number of pyridine rings is 1. The molecule has 1 unspecified atom stereocenters. The summed E-state index contributed by atoms with van der Waals surface area (Å²) in [6, 6.07) is 7.07. The second-order valence-corrected chi connectivity index (χ2v) is 4.44. The number of carbonyl (C=O) groups excluding carboxylic acids is 2. The Hall–Kier alpha value is -2.18. The Morgan fingerprint density at radius 2 is 2.00 bits per heavy atom. The minimum Gasteiger partial charge on any atom is -0.398 e. The Labute approximate surface area is 120 Å². The maximum Gasteiger partial charge on any atom is 0.262 e. The van der Waals surface area contributed by atoms with Crippen LogP contribution >= 0.6 is 12.4 Å². The highest BCUT2D eigenvalue weighted by Crippen LogP contribution is 2.33. The summed E-state index contributed by atoms with van der Waals surface area (Å²) >= 11 is 0. The first-order valence-corrected chi connectivity index (χ1v) is 5.78. The molecule has 2 heterocycles. The van der Waals surface area contributed by atoms with Gasteiger partial charge < -0.3 is 5.73 Å². The SMILES string of the molecule is Cl.Nc1cccc2c(C3CC(=O)N(O)C3=O)nccc12. The normalized spacial score (nSPS) is 18.4. The fourth-order valence-corrected chi connectivity index (χ4v) is 2.36. The molecule has 3 rings (SSSR count). The number of fused-ring (bicyclic) bond motifs is 1. The molecule has 104 valence electrons. The number of carbonyl (C=O) groups is 2. The number of hydroxylamine groups is 2. The van der Waals surface area contributed by atoms with E-state index in [9.17, 15) is 14.8 Å². The predicted octanol–water partition coefficient (Wildman–Crippen LogP) is 1.47. The van der Waals surface area contributed by atoms with Gasteiger partial charge in [0.2, 0.25) is 0 Å². The van der Waals surface area contributed by atoms with Gasteiger partial charge >= 0.3 is 0 Å². The molecular weight excluding hydrogens is 282 g/mol. The number of nitrogens with two attached hydrogens (primary N) is 1. The van der Waals surface area contributed by atoms with Gasteiger partial charge in [-0.25, -0.2) is 0 Å². The molecule has 1 aromatic heterocycles. The van der Waals surface area contributed by atoms with E-state index in [2.05, 4.69) is 4.98 Å². The fourth-order valence-electron chi connectivity index (χ4n) is 2.36. The molecule has 3 N–H and O–H groups in total. The molecule has 0 saturated carbocycles. The van der Waals surface area contributed by atoms with Crippen molar-refractivity contribution in [2.24, 2.45) is 0 Å². The number of anilines is 1. The summed E-state index contributed by atoms with van der Waals surface area (Å²) in [5, 5.41) is 11.0. The van der Waals surface area contributed by atoms with Crippen LogP contribution in [0.3, 0.4) is 0 Å². The van der Waals surface area contributed by atoms with Crippen LogP contribution in [0.1, 0.15) is 18.0 Å². The van der Waals surface area contributed by atoms with Gasteiger partial charge in [0.05, 0.1) is 11.6 Å². The van der Waals surface area contributed by atoms with Crippen LogP contribution in [0.2, 0.25) is 0 Å². The van der Waals surface area contributed by atoms with Gasteiger partial charge in [0.1, 0.15) is 0 Å². The lowest BCUT2D eigenvalue weighted by Gasteiger charge is -2.11. The highest BCUT2D eigenvalue weighted by molar-refractivity contribution is 6.07. The summed E-state index contributed by atoms with van der Waals surface area (Å²) in [6.07, 6.45) is 1.47. The van der Waals surface area contributed by atoms with Crippen molar-refractivity contribution in [3.63, 3.8) is 0 Å².